The summed E-state index contributed by atoms with van der Waals surface area (Å²) in [5.41, 5.74) is 2.97. The van der Waals surface area contributed by atoms with Crippen LogP contribution in [0.2, 0.25) is 0 Å². The lowest BCUT2D eigenvalue weighted by atomic mass is 10.1. The molecule has 1 saturated heterocycles. The van der Waals surface area contributed by atoms with E-state index in [4.69, 9.17) is 0 Å². The number of aliphatic hydroxyl groups excluding tert-OH is 1. The van der Waals surface area contributed by atoms with Crippen molar-refractivity contribution < 1.29 is 9.90 Å². The van der Waals surface area contributed by atoms with Crippen LogP contribution in [0.5, 0.6) is 0 Å². The zero-order valence-corrected chi connectivity index (χ0v) is 12.8. The van der Waals surface area contributed by atoms with Gasteiger partial charge >= 0.3 is 0 Å². The summed E-state index contributed by atoms with van der Waals surface area (Å²) in [4.78, 5) is 19.3. The number of carbonyl (C=O) groups is 1. The van der Waals surface area contributed by atoms with Crippen molar-refractivity contribution in [3.8, 4) is 0 Å². The third-order valence-corrected chi connectivity index (χ3v) is 4.59. The lowest BCUT2D eigenvalue weighted by molar-refractivity contribution is -0.122. The van der Waals surface area contributed by atoms with Gasteiger partial charge in [-0.3, -0.25) is 9.69 Å². The Morgan fingerprint density at radius 1 is 1.65 bits per heavy atom. The van der Waals surface area contributed by atoms with E-state index >= 15 is 0 Å². The first-order valence-electron chi connectivity index (χ1n) is 7.21. The van der Waals surface area contributed by atoms with E-state index in [2.05, 4.69) is 10.3 Å². The molecule has 6 heteroatoms. The largest absolute Gasteiger partial charge is 0.392 e. The summed E-state index contributed by atoms with van der Waals surface area (Å²) in [5.74, 6) is 0.0557. The first-order chi connectivity index (χ1) is 9.65. The Balaban J connectivity index is 1.59. The van der Waals surface area contributed by atoms with Crippen LogP contribution in [0.4, 0.5) is 0 Å². The van der Waals surface area contributed by atoms with E-state index in [9.17, 15) is 9.90 Å². The molecule has 0 aromatic carbocycles. The standard InChI is InChI=1S/C14H23N3O2S/c1-11-13(20-10-16-11)5-2-6-15-14(19)9-17-7-3-4-12(18)8-17/h10,12,18H,2-9H2,1H3,(H,15,19)/t12-/m1/s1. The van der Waals surface area contributed by atoms with Gasteiger partial charge in [0.25, 0.3) is 0 Å². The van der Waals surface area contributed by atoms with Gasteiger partial charge in [-0.2, -0.15) is 0 Å². The molecule has 1 atom stereocenters. The second-order valence-corrected chi connectivity index (χ2v) is 6.28. The van der Waals surface area contributed by atoms with Crippen molar-refractivity contribution in [1.29, 1.82) is 0 Å². The number of likely N-dealkylation sites (tertiary alicyclic amines) is 1. The number of thiazole rings is 1. The SMILES string of the molecule is Cc1ncsc1CCCNC(=O)CN1CCC[C@@H](O)C1. The number of aliphatic hydroxyl groups is 1. The van der Waals surface area contributed by atoms with Gasteiger partial charge in [0, 0.05) is 18.0 Å². The Labute approximate surface area is 124 Å². The van der Waals surface area contributed by atoms with Gasteiger partial charge in [0.05, 0.1) is 23.9 Å². The Morgan fingerprint density at radius 2 is 2.50 bits per heavy atom. The predicted octanol–water partition coefficient (Wildman–Crippen LogP) is 0.957. The molecule has 1 amide bonds. The average molecular weight is 297 g/mol. The maximum Gasteiger partial charge on any atom is 0.234 e. The van der Waals surface area contributed by atoms with Crippen LogP contribution in [0.15, 0.2) is 5.51 Å². The van der Waals surface area contributed by atoms with E-state index in [0.717, 1.165) is 37.9 Å². The van der Waals surface area contributed by atoms with E-state index in [-0.39, 0.29) is 12.0 Å². The Kier molecular flexibility index (Phi) is 5.94. The van der Waals surface area contributed by atoms with Gasteiger partial charge < -0.3 is 10.4 Å². The van der Waals surface area contributed by atoms with Crippen molar-refractivity contribution in [2.24, 2.45) is 0 Å². The average Bonchev–Trinajstić information content (AvgIpc) is 2.80. The number of piperidine rings is 1. The van der Waals surface area contributed by atoms with E-state index in [1.54, 1.807) is 11.3 Å². The molecule has 1 aliphatic rings. The highest BCUT2D eigenvalue weighted by Crippen LogP contribution is 2.13. The number of β-amino-alcohol motifs (C(OH)–C–C–N with tert-alkyl or cyclic N) is 1. The van der Waals surface area contributed by atoms with Gasteiger partial charge in [-0.05, 0) is 39.2 Å². The Morgan fingerprint density at radius 3 is 3.20 bits per heavy atom. The van der Waals surface area contributed by atoms with Gasteiger partial charge in [-0.15, -0.1) is 11.3 Å². The molecule has 1 aromatic heterocycles. The van der Waals surface area contributed by atoms with Crippen molar-refractivity contribution in [2.45, 2.75) is 38.7 Å². The van der Waals surface area contributed by atoms with E-state index in [1.807, 2.05) is 17.3 Å². The van der Waals surface area contributed by atoms with E-state index < -0.39 is 0 Å². The maximum atomic E-state index is 11.8. The molecule has 20 heavy (non-hydrogen) atoms. The van der Waals surface area contributed by atoms with Crippen LogP contribution < -0.4 is 5.32 Å². The number of rotatable bonds is 6. The zero-order valence-electron chi connectivity index (χ0n) is 12.0. The Bertz CT molecular complexity index is 436. The molecule has 5 nitrogen and oxygen atoms in total. The highest BCUT2D eigenvalue weighted by atomic mass is 32.1. The molecule has 112 valence electrons. The van der Waals surface area contributed by atoms with Crippen LogP contribution in [0.25, 0.3) is 0 Å². The lowest BCUT2D eigenvalue weighted by Gasteiger charge is -2.29. The van der Waals surface area contributed by atoms with Crippen LogP contribution in [0.3, 0.4) is 0 Å². The van der Waals surface area contributed by atoms with Crippen molar-refractivity contribution in [3.05, 3.63) is 16.1 Å². The Hall–Kier alpha value is -0.980. The molecule has 0 saturated carbocycles. The molecular weight excluding hydrogens is 274 g/mol. The van der Waals surface area contributed by atoms with Crippen LogP contribution in [-0.2, 0) is 11.2 Å². The molecule has 2 N–H and O–H groups in total. The number of amides is 1. The first-order valence-corrected chi connectivity index (χ1v) is 8.09. The molecule has 0 spiro atoms. The fourth-order valence-corrected chi connectivity index (χ4v) is 3.30. The number of hydrogen-bond acceptors (Lipinski definition) is 5. The second kappa shape index (κ2) is 7.71. The molecule has 0 unspecified atom stereocenters. The smallest absolute Gasteiger partial charge is 0.234 e. The van der Waals surface area contributed by atoms with Crippen LogP contribution in [0.1, 0.15) is 29.8 Å². The molecule has 0 aliphatic carbocycles. The molecule has 1 aliphatic heterocycles. The van der Waals surface area contributed by atoms with Gasteiger partial charge in [0.1, 0.15) is 0 Å². The minimum atomic E-state index is -0.272. The molecule has 2 rings (SSSR count). The number of aromatic nitrogens is 1. The number of aryl methyl sites for hydroxylation is 2. The quantitative estimate of drug-likeness (QED) is 0.768. The minimum Gasteiger partial charge on any atom is -0.392 e. The monoisotopic (exact) mass is 297 g/mol. The van der Waals surface area contributed by atoms with Crippen LogP contribution in [-0.4, -0.2) is 53.2 Å². The second-order valence-electron chi connectivity index (χ2n) is 5.35. The highest BCUT2D eigenvalue weighted by Gasteiger charge is 2.19. The summed E-state index contributed by atoms with van der Waals surface area (Å²) in [6.45, 7) is 4.65. The van der Waals surface area contributed by atoms with Crippen LogP contribution >= 0.6 is 11.3 Å². The van der Waals surface area contributed by atoms with Crippen molar-refractivity contribution in [3.63, 3.8) is 0 Å². The summed E-state index contributed by atoms with van der Waals surface area (Å²) in [7, 11) is 0. The molecular formula is C14H23N3O2S. The van der Waals surface area contributed by atoms with Crippen molar-refractivity contribution in [1.82, 2.24) is 15.2 Å². The first kappa shape index (κ1) is 15.4. The van der Waals surface area contributed by atoms with Crippen molar-refractivity contribution >= 4 is 17.2 Å². The summed E-state index contributed by atoms with van der Waals surface area (Å²) >= 11 is 1.68. The molecule has 0 radical (unpaired) electrons. The topological polar surface area (TPSA) is 65.5 Å². The molecule has 2 heterocycles. The molecule has 1 aromatic rings. The van der Waals surface area contributed by atoms with Crippen LogP contribution in [0, 0.1) is 6.92 Å². The van der Waals surface area contributed by atoms with Gasteiger partial charge in [-0.1, -0.05) is 0 Å². The summed E-state index contributed by atoms with van der Waals surface area (Å²) < 4.78 is 0. The third kappa shape index (κ3) is 4.85. The van der Waals surface area contributed by atoms with Gasteiger partial charge in [0.15, 0.2) is 0 Å². The fraction of sp³-hybridized carbons (Fsp3) is 0.714. The molecule has 0 bridgehead atoms. The predicted molar refractivity (Wildman–Crippen MR) is 79.9 cm³/mol. The summed E-state index contributed by atoms with van der Waals surface area (Å²) in [5, 5.41) is 12.5. The third-order valence-electron chi connectivity index (χ3n) is 3.60. The number of nitrogens with zero attached hydrogens (tertiary/aromatic N) is 2. The lowest BCUT2D eigenvalue weighted by Crippen LogP contribution is -2.44. The zero-order chi connectivity index (χ0) is 14.4. The normalized spacial score (nSPS) is 20.0. The number of nitrogens with one attached hydrogen (secondary N) is 1. The summed E-state index contributed by atoms with van der Waals surface area (Å²) in [6, 6.07) is 0. The van der Waals surface area contributed by atoms with Gasteiger partial charge in [-0.25, -0.2) is 4.98 Å². The maximum absolute atomic E-state index is 11.8. The minimum absolute atomic E-state index is 0.0557. The highest BCUT2D eigenvalue weighted by molar-refractivity contribution is 7.09. The fourth-order valence-electron chi connectivity index (χ4n) is 2.48. The summed E-state index contributed by atoms with van der Waals surface area (Å²) in [6.07, 6.45) is 3.47. The molecule has 1 fully saturated rings. The number of hydrogen-bond donors (Lipinski definition) is 2. The van der Waals surface area contributed by atoms with Gasteiger partial charge in [0.2, 0.25) is 5.91 Å². The van der Waals surface area contributed by atoms with Crippen molar-refractivity contribution in [2.75, 3.05) is 26.2 Å². The number of carbonyl (C=O) groups excluding carboxylic acids is 1. The van der Waals surface area contributed by atoms with E-state index in [1.165, 1.54) is 4.88 Å². The van der Waals surface area contributed by atoms with E-state index in [0.29, 0.717) is 19.6 Å².